The lowest BCUT2D eigenvalue weighted by Crippen LogP contribution is -2.34. The van der Waals surface area contributed by atoms with Crippen LogP contribution in [-0.4, -0.2) is 14.5 Å². The molecule has 0 spiro atoms. The Labute approximate surface area is 99.9 Å². The van der Waals surface area contributed by atoms with Gasteiger partial charge in [-0.3, -0.25) is 0 Å². The molecule has 96 valence electrons. The molecule has 6 heteroatoms. The molecule has 1 rings (SSSR count). The fraction of sp³-hybridized carbons (Fsp3) is 0.455. The summed E-state index contributed by atoms with van der Waals surface area (Å²) in [5.41, 5.74) is 0. The Morgan fingerprint density at radius 2 is 1.82 bits per heavy atom. The predicted octanol–water partition coefficient (Wildman–Crippen LogP) is 2.43. The summed E-state index contributed by atoms with van der Waals surface area (Å²) in [4.78, 5) is -0.649. The van der Waals surface area contributed by atoms with Crippen molar-refractivity contribution >= 4 is 10.0 Å². The van der Waals surface area contributed by atoms with E-state index in [4.69, 9.17) is 0 Å². The molecule has 0 fully saturated rings. The van der Waals surface area contributed by atoms with Crippen LogP contribution in [0.15, 0.2) is 23.1 Å². The number of hydrogen-bond donors (Lipinski definition) is 1. The Balaban J connectivity index is 3.09. The van der Waals surface area contributed by atoms with Gasteiger partial charge < -0.3 is 0 Å². The summed E-state index contributed by atoms with van der Waals surface area (Å²) in [6.07, 6.45) is 1.18. The summed E-state index contributed by atoms with van der Waals surface area (Å²) in [7, 11) is -4.00. The predicted molar refractivity (Wildman–Crippen MR) is 61.0 cm³/mol. The Hall–Kier alpha value is -1.01. The van der Waals surface area contributed by atoms with E-state index in [1.54, 1.807) is 0 Å². The molecular formula is C11H15F2NO2S. The quantitative estimate of drug-likeness (QED) is 0.886. The van der Waals surface area contributed by atoms with Crippen molar-refractivity contribution in [2.24, 2.45) is 0 Å². The average Bonchev–Trinajstić information content (AvgIpc) is 2.29. The zero-order valence-corrected chi connectivity index (χ0v) is 10.5. The minimum atomic E-state index is -4.00. The minimum absolute atomic E-state index is 0.275. The number of nitrogens with one attached hydrogen (secondary N) is 1. The van der Waals surface area contributed by atoms with Gasteiger partial charge in [0.15, 0.2) is 0 Å². The first-order chi connectivity index (χ1) is 7.90. The Kier molecular flexibility index (Phi) is 4.59. The van der Waals surface area contributed by atoms with Gasteiger partial charge in [-0.25, -0.2) is 21.9 Å². The first kappa shape index (κ1) is 14.1. The van der Waals surface area contributed by atoms with Crippen molar-refractivity contribution in [3.05, 3.63) is 29.8 Å². The molecule has 0 amide bonds. The van der Waals surface area contributed by atoms with E-state index in [-0.39, 0.29) is 6.04 Å². The van der Waals surface area contributed by atoms with E-state index in [9.17, 15) is 17.2 Å². The lowest BCUT2D eigenvalue weighted by molar-refractivity contribution is 0.516. The van der Waals surface area contributed by atoms with Crippen LogP contribution in [0.2, 0.25) is 0 Å². The summed E-state index contributed by atoms with van der Waals surface area (Å²) in [5, 5.41) is 0. The van der Waals surface area contributed by atoms with Gasteiger partial charge in [-0.2, -0.15) is 0 Å². The van der Waals surface area contributed by atoms with Crippen LogP contribution in [0.1, 0.15) is 26.7 Å². The highest BCUT2D eigenvalue weighted by Gasteiger charge is 2.22. The SMILES string of the molecule is CCC(CC)NS(=O)(=O)c1cc(F)ccc1F. The summed E-state index contributed by atoms with van der Waals surface area (Å²) < 4.78 is 52.2. The molecule has 0 atom stereocenters. The number of halogens is 2. The van der Waals surface area contributed by atoms with Crippen LogP contribution in [-0.2, 0) is 10.0 Å². The lowest BCUT2D eigenvalue weighted by Gasteiger charge is -2.15. The van der Waals surface area contributed by atoms with E-state index >= 15 is 0 Å². The third kappa shape index (κ3) is 3.47. The van der Waals surface area contributed by atoms with Crippen LogP contribution in [0.25, 0.3) is 0 Å². The Morgan fingerprint density at radius 1 is 1.24 bits per heavy atom. The first-order valence-electron chi connectivity index (χ1n) is 5.38. The monoisotopic (exact) mass is 263 g/mol. The zero-order chi connectivity index (χ0) is 13.1. The summed E-state index contributed by atoms with van der Waals surface area (Å²) >= 11 is 0. The normalized spacial score (nSPS) is 12.1. The molecular weight excluding hydrogens is 248 g/mol. The van der Waals surface area contributed by atoms with Gasteiger partial charge in [0.25, 0.3) is 0 Å². The highest BCUT2D eigenvalue weighted by Crippen LogP contribution is 2.16. The van der Waals surface area contributed by atoms with Crippen molar-refractivity contribution in [1.29, 1.82) is 0 Å². The summed E-state index contributed by atoms with van der Waals surface area (Å²) in [6, 6.07) is 2.09. The largest absolute Gasteiger partial charge is 0.243 e. The van der Waals surface area contributed by atoms with E-state index in [0.29, 0.717) is 18.9 Å². The Bertz CT molecular complexity index is 484. The molecule has 1 N–H and O–H groups in total. The molecule has 0 bridgehead atoms. The number of rotatable bonds is 5. The molecule has 17 heavy (non-hydrogen) atoms. The van der Waals surface area contributed by atoms with Crippen LogP contribution in [0, 0.1) is 11.6 Å². The molecule has 0 radical (unpaired) electrons. The molecule has 0 unspecified atom stereocenters. The number of hydrogen-bond acceptors (Lipinski definition) is 2. The van der Waals surface area contributed by atoms with Crippen molar-refractivity contribution < 1.29 is 17.2 Å². The fourth-order valence-corrected chi connectivity index (χ4v) is 2.91. The van der Waals surface area contributed by atoms with E-state index in [1.165, 1.54) is 0 Å². The number of benzene rings is 1. The molecule has 1 aromatic rings. The van der Waals surface area contributed by atoms with E-state index in [1.807, 2.05) is 13.8 Å². The second-order valence-electron chi connectivity index (χ2n) is 3.71. The van der Waals surface area contributed by atoms with Gasteiger partial charge >= 0.3 is 0 Å². The van der Waals surface area contributed by atoms with Gasteiger partial charge in [0.2, 0.25) is 10.0 Å². The van der Waals surface area contributed by atoms with E-state index < -0.39 is 26.6 Å². The van der Waals surface area contributed by atoms with Crippen molar-refractivity contribution in [3.63, 3.8) is 0 Å². The highest BCUT2D eigenvalue weighted by atomic mass is 32.2. The van der Waals surface area contributed by atoms with Crippen molar-refractivity contribution in [2.45, 2.75) is 37.6 Å². The highest BCUT2D eigenvalue weighted by molar-refractivity contribution is 7.89. The smallest absolute Gasteiger partial charge is 0.208 e. The van der Waals surface area contributed by atoms with Gasteiger partial charge in [0.1, 0.15) is 16.5 Å². The van der Waals surface area contributed by atoms with Crippen molar-refractivity contribution in [1.82, 2.24) is 4.72 Å². The molecule has 0 saturated heterocycles. The van der Waals surface area contributed by atoms with Crippen molar-refractivity contribution in [3.8, 4) is 0 Å². The van der Waals surface area contributed by atoms with Gasteiger partial charge in [-0.15, -0.1) is 0 Å². The molecule has 0 aliphatic carbocycles. The third-order valence-electron chi connectivity index (χ3n) is 2.49. The summed E-state index contributed by atoms with van der Waals surface area (Å²) in [6.45, 7) is 3.64. The second kappa shape index (κ2) is 5.55. The summed E-state index contributed by atoms with van der Waals surface area (Å²) in [5.74, 6) is -1.74. The van der Waals surface area contributed by atoms with Gasteiger partial charge in [-0.1, -0.05) is 13.8 Å². The van der Waals surface area contributed by atoms with Crippen LogP contribution >= 0.6 is 0 Å². The maximum absolute atomic E-state index is 13.3. The average molecular weight is 263 g/mol. The van der Waals surface area contributed by atoms with Crippen LogP contribution in [0.3, 0.4) is 0 Å². The van der Waals surface area contributed by atoms with Gasteiger partial charge in [0.05, 0.1) is 0 Å². The number of sulfonamides is 1. The molecule has 3 nitrogen and oxygen atoms in total. The van der Waals surface area contributed by atoms with Crippen molar-refractivity contribution in [2.75, 3.05) is 0 Å². The molecule has 0 aromatic heterocycles. The second-order valence-corrected chi connectivity index (χ2v) is 5.39. The Morgan fingerprint density at radius 3 is 2.35 bits per heavy atom. The molecule has 0 aliphatic heterocycles. The maximum atomic E-state index is 13.3. The van der Waals surface area contributed by atoms with E-state index in [2.05, 4.69) is 4.72 Å². The molecule has 1 aromatic carbocycles. The van der Waals surface area contributed by atoms with Crippen LogP contribution < -0.4 is 4.72 Å². The van der Waals surface area contributed by atoms with Gasteiger partial charge in [-0.05, 0) is 31.0 Å². The lowest BCUT2D eigenvalue weighted by atomic mass is 10.2. The van der Waals surface area contributed by atoms with Gasteiger partial charge in [0, 0.05) is 6.04 Å². The van der Waals surface area contributed by atoms with Crippen LogP contribution in [0.5, 0.6) is 0 Å². The fourth-order valence-electron chi connectivity index (χ4n) is 1.42. The minimum Gasteiger partial charge on any atom is -0.208 e. The molecule has 0 heterocycles. The third-order valence-corrected chi connectivity index (χ3v) is 4.03. The van der Waals surface area contributed by atoms with Crippen LogP contribution in [0.4, 0.5) is 8.78 Å². The standard InChI is InChI=1S/C11H15F2NO2S/c1-3-9(4-2)14-17(15,16)11-7-8(12)5-6-10(11)13/h5-7,9,14H,3-4H2,1-2H3. The first-order valence-corrected chi connectivity index (χ1v) is 6.86. The maximum Gasteiger partial charge on any atom is 0.243 e. The zero-order valence-electron chi connectivity index (χ0n) is 9.70. The molecule has 0 aliphatic rings. The van der Waals surface area contributed by atoms with E-state index in [0.717, 1.165) is 12.1 Å². The molecule has 0 saturated carbocycles. The topological polar surface area (TPSA) is 46.2 Å².